The molecular weight excluding hydrogens is 404 g/mol. The molecule has 156 valence electrons. The van der Waals surface area contributed by atoms with Crippen molar-refractivity contribution in [3.8, 4) is 0 Å². The molecule has 2 aromatic rings. The number of rotatable bonds is 5. The summed E-state index contributed by atoms with van der Waals surface area (Å²) in [5.74, 6) is -1.96. The number of amides is 3. The van der Waals surface area contributed by atoms with Crippen LogP contribution in [-0.4, -0.2) is 41.2 Å². The van der Waals surface area contributed by atoms with Crippen molar-refractivity contribution in [1.29, 1.82) is 0 Å². The Kier molecular flexibility index (Phi) is 5.42. The molecule has 0 radical (unpaired) electrons. The highest BCUT2D eigenvalue weighted by Crippen LogP contribution is 2.39. The molecule has 4 rings (SSSR count). The van der Waals surface area contributed by atoms with E-state index in [9.17, 15) is 19.2 Å². The molecule has 30 heavy (non-hydrogen) atoms. The van der Waals surface area contributed by atoms with Crippen molar-refractivity contribution in [2.45, 2.75) is 45.6 Å². The number of ether oxygens (including phenoxy) is 1. The van der Waals surface area contributed by atoms with E-state index >= 15 is 0 Å². The fourth-order valence-corrected chi connectivity index (χ4v) is 5.25. The number of nitrogens with one attached hydrogen (secondary N) is 1. The molecular formula is C22H22N2O5S. The van der Waals surface area contributed by atoms with Gasteiger partial charge in [0.2, 0.25) is 5.91 Å². The molecule has 0 saturated carbocycles. The van der Waals surface area contributed by atoms with Crippen molar-refractivity contribution in [2.24, 2.45) is 0 Å². The number of nitrogens with zero attached hydrogens (tertiary/aromatic N) is 1. The van der Waals surface area contributed by atoms with Crippen molar-refractivity contribution < 1.29 is 23.9 Å². The number of benzene rings is 1. The molecule has 1 aliphatic carbocycles. The predicted molar refractivity (Wildman–Crippen MR) is 112 cm³/mol. The van der Waals surface area contributed by atoms with Crippen molar-refractivity contribution in [2.75, 3.05) is 11.9 Å². The Morgan fingerprint density at radius 3 is 2.40 bits per heavy atom. The summed E-state index contributed by atoms with van der Waals surface area (Å²) < 4.78 is 5.21. The highest BCUT2D eigenvalue weighted by molar-refractivity contribution is 7.17. The number of carbonyl (C=O) groups excluding carboxylic acids is 4. The van der Waals surface area contributed by atoms with Gasteiger partial charge in [0.15, 0.2) is 0 Å². The summed E-state index contributed by atoms with van der Waals surface area (Å²) in [5, 5.41) is 3.21. The summed E-state index contributed by atoms with van der Waals surface area (Å²) in [6.07, 6.45) is 3.64. The third kappa shape index (κ3) is 3.31. The second-order valence-electron chi connectivity index (χ2n) is 7.33. The number of hydrogen-bond acceptors (Lipinski definition) is 6. The maximum Gasteiger partial charge on any atom is 0.341 e. The molecule has 0 spiro atoms. The van der Waals surface area contributed by atoms with Gasteiger partial charge in [0.25, 0.3) is 11.8 Å². The Morgan fingerprint density at radius 2 is 1.77 bits per heavy atom. The molecule has 2 aliphatic rings. The summed E-state index contributed by atoms with van der Waals surface area (Å²) in [5.41, 5.74) is 1.93. The molecule has 8 heteroatoms. The maximum atomic E-state index is 13.0. The number of thiophene rings is 1. The van der Waals surface area contributed by atoms with Crippen LogP contribution in [0.1, 0.15) is 68.2 Å². The molecule has 3 amide bonds. The smallest absolute Gasteiger partial charge is 0.341 e. The number of esters is 1. The zero-order valence-corrected chi connectivity index (χ0v) is 17.6. The lowest BCUT2D eigenvalue weighted by molar-refractivity contribution is -0.119. The van der Waals surface area contributed by atoms with Crippen LogP contribution in [0.3, 0.4) is 0 Å². The average molecular weight is 426 g/mol. The van der Waals surface area contributed by atoms with E-state index in [1.165, 1.54) is 18.3 Å². The van der Waals surface area contributed by atoms with E-state index in [4.69, 9.17) is 4.74 Å². The lowest BCUT2D eigenvalue weighted by Crippen LogP contribution is -2.45. The molecule has 0 saturated heterocycles. The van der Waals surface area contributed by atoms with Crippen LogP contribution in [0, 0.1) is 0 Å². The summed E-state index contributed by atoms with van der Waals surface area (Å²) in [4.78, 5) is 53.0. The largest absolute Gasteiger partial charge is 0.462 e. The standard InChI is InChI=1S/C22H22N2O5S/c1-3-29-22(28)17-15-10-6-7-11-16(15)30-19(17)23-18(25)12(2)24-20(26)13-8-4-5-9-14(13)21(24)27/h4-5,8-9,12H,3,6-7,10-11H2,1-2H3,(H,23,25)/t12-/m1/s1. The highest BCUT2D eigenvalue weighted by atomic mass is 32.1. The number of aryl methyl sites for hydroxylation is 1. The second-order valence-corrected chi connectivity index (χ2v) is 8.43. The summed E-state index contributed by atoms with van der Waals surface area (Å²) >= 11 is 1.37. The first-order chi connectivity index (χ1) is 14.4. The second kappa shape index (κ2) is 8.02. The van der Waals surface area contributed by atoms with E-state index in [0.29, 0.717) is 21.7 Å². The van der Waals surface area contributed by atoms with E-state index in [2.05, 4.69) is 5.32 Å². The van der Waals surface area contributed by atoms with Crippen molar-refractivity contribution >= 4 is 40.0 Å². The maximum absolute atomic E-state index is 13.0. The Bertz CT molecular complexity index is 1020. The van der Waals surface area contributed by atoms with Gasteiger partial charge in [0.1, 0.15) is 11.0 Å². The number of anilines is 1. The molecule has 1 aromatic carbocycles. The first-order valence-electron chi connectivity index (χ1n) is 10.0. The van der Waals surface area contributed by atoms with Gasteiger partial charge in [-0.2, -0.15) is 0 Å². The highest BCUT2D eigenvalue weighted by Gasteiger charge is 2.41. The quantitative estimate of drug-likeness (QED) is 0.584. The molecule has 2 heterocycles. The lowest BCUT2D eigenvalue weighted by atomic mass is 9.95. The molecule has 1 atom stereocenters. The molecule has 1 aromatic heterocycles. The molecule has 7 nitrogen and oxygen atoms in total. The third-order valence-electron chi connectivity index (χ3n) is 5.48. The molecule has 1 aliphatic heterocycles. The third-order valence-corrected chi connectivity index (χ3v) is 6.69. The molecule has 0 bridgehead atoms. The fourth-order valence-electron chi connectivity index (χ4n) is 3.97. The Labute approximate surface area is 178 Å². The van der Waals surface area contributed by atoms with E-state index in [0.717, 1.165) is 41.0 Å². The number of fused-ring (bicyclic) bond motifs is 2. The monoisotopic (exact) mass is 426 g/mol. The van der Waals surface area contributed by atoms with Gasteiger partial charge in [0, 0.05) is 4.88 Å². The van der Waals surface area contributed by atoms with Gasteiger partial charge in [-0.3, -0.25) is 19.3 Å². The Balaban J connectivity index is 1.60. The van der Waals surface area contributed by atoms with Gasteiger partial charge in [-0.05, 0) is 57.2 Å². The zero-order valence-electron chi connectivity index (χ0n) is 16.8. The fraction of sp³-hybridized carbons (Fsp3) is 0.364. The van der Waals surface area contributed by atoms with Crippen LogP contribution in [0.15, 0.2) is 24.3 Å². The van der Waals surface area contributed by atoms with E-state index < -0.39 is 29.7 Å². The van der Waals surface area contributed by atoms with E-state index in [1.807, 2.05) is 0 Å². The zero-order chi connectivity index (χ0) is 21.4. The summed E-state index contributed by atoms with van der Waals surface area (Å²) in [7, 11) is 0. The minimum atomic E-state index is -1.02. The predicted octanol–water partition coefficient (Wildman–Crippen LogP) is 3.43. The van der Waals surface area contributed by atoms with Crippen LogP contribution in [-0.2, 0) is 22.4 Å². The Morgan fingerprint density at radius 1 is 1.13 bits per heavy atom. The van der Waals surface area contributed by atoms with Crippen LogP contribution in [0.5, 0.6) is 0 Å². The van der Waals surface area contributed by atoms with Crippen LogP contribution in [0.4, 0.5) is 5.00 Å². The SMILES string of the molecule is CCOC(=O)c1c(NC(=O)[C@@H](C)N2C(=O)c3ccccc3C2=O)sc2c1CCCC2. The van der Waals surface area contributed by atoms with Gasteiger partial charge in [-0.1, -0.05) is 12.1 Å². The van der Waals surface area contributed by atoms with E-state index in [1.54, 1.807) is 31.2 Å². The van der Waals surface area contributed by atoms with Crippen molar-refractivity contribution in [1.82, 2.24) is 4.90 Å². The van der Waals surface area contributed by atoms with Crippen LogP contribution < -0.4 is 5.32 Å². The van der Waals surface area contributed by atoms with Gasteiger partial charge in [-0.25, -0.2) is 4.79 Å². The normalized spacial score (nSPS) is 16.1. The van der Waals surface area contributed by atoms with Gasteiger partial charge in [0.05, 0.1) is 23.3 Å². The topological polar surface area (TPSA) is 92.8 Å². The van der Waals surface area contributed by atoms with Gasteiger partial charge < -0.3 is 10.1 Å². The van der Waals surface area contributed by atoms with Gasteiger partial charge >= 0.3 is 5.97 Å². The first kappa shape index (κ1) is 20.3. The average Bonchev–Trinajstić information content (AvgIpc) is 3.22. The lowest BCUT2D eigenvalue weighted by Gasteiger charge is -2.21. The molecule has 1 N–H and O–H groups in total. The minimum absolute atomic E-state index is 0.238. The number of hydrogen-bond donors (Lipinski definition) is 1. The minimum Gasteiger partial charge on any atom is -0.462 e. The summed E-state index contributed by atoms with van der Waals surface area (Å²) in [6.45, 7) is 3.48. The van der Waals surface area contributed by atoms with E-state index in [-0.39, 0.29) is 6.61 Å². The van der Waals surface area contributed by atoms with Crippen molar-refractivity contribution in [3.05, 3.63) is 51.4 Å². The molecule has 0 fully saturated rings. The van der Waals surface area contributed by atoms with Crippen LogP contribution >= 0.6 is 11.3 Å². The van der Waals surface area contributed by atoms with Crippen LogP contribution in [0.2, 0.25) is 0 Å². The summed E-state index contributed by atoms with van der Waals surface area (Å²) in [6, 6.07) is 5.49. The number of carbonyl (C=O) groups is 4. The van der Waals surface area contributed by atoms with Gasteiger partial charge in [-0.15, -0.1) is 11.3 Å². The van der Waals surface area contributed by atoms with Crippen LogP contribution in [0.25, 0.3) is 0 Å². The van der Waals surface area contributed by atoms with Crippen molar-refractivity contribution in [3.63, 3.8) is 0 Å². The molecule has 0 unspecified atom stereocenters. The number of imide groups is 1. The first-order valence-corrected chi connectivity index (χ1v) is 10.8. The Hall–Kier alpha value is -3.00.